The van der Waals surface area contributed by atoms with Gasteiger partial charge in [0.25, 0.3) is 0 Å². The fourth-order valence-electron chi connectivity index (χ4n) is 0.894. The number of benzene rings is 1. The topological polar surface area (TPSA) is 72.5 Å². The SMILES string of the molecule is CCC(O)OC(=O)c1ccc(N)cc1. The van der Waals surface area contributed by atoms with Crippen molar-refractivity contribution in [3.8, 4) is 0 Å². The van der Waals surface area contributed by atoms with Gasteiger partial charge in [-0.1, -0.05) is 6.92 Å². The fraction of sp³-hybridized carbons (Fsp3) is 0.300. The van der Waals surface area contributed by atoms with E-state index in [9.17, 15) is 4.79 Å². The van der Waals surface area contributed by atoms with Gasteiger partial charge in [-0.15, -0.1) is 0 Å². The van der Waals surface area contributed by atoms with E-state index in [0.717, 1.165) is 0 Å². The van der Waals surface area contributed by atoms with E-state index in [-0.39, 0.29) is 0 Å². The molecule has 0 aromatic heterocycles. The smallest absolute Gasteiger partial charge is 0.340 e. The van der Waals surface area contributed by atoms with Gasteiger partial charge in [-0.25, -0.2) is 4.79 Å². The summed E-state index contributed by atoms with van der Waals surface area (Å²) in [5.74, 6) is -0.542. The summed E-state index contributed by atoms with van der Waals surface area (Å²) >= 11 is 0. The Labute approximate surface area is 82.3 Å². The van der Waals surface area contributed by atoms with Crippen molar-refractivity contribution in [1.29, 1.82) is 0 Å². The first-order chi connectivity index (χ1) is 6.63. The van der Waals surface area contributed by atoms with Crippen molar-refractivity contribution in [2.24, 2.45) is 0 Å². The van der Waals surface area contributed by atoms with Crippen LogP contribution in [0.3, 0.4) is 0 Å². The highest BCUT2D eigenvalue weighted by Crippen LogP contribution is 2.08. The number of aliphatic hydroxyl groups is 1. The molecule has 0 spiro atoms. The molecule has 76 valence electrons. The van der Waals surface area contributed by atoms with Crippen LogP contribution >= 0.6 is 0 Å². The maximum absolute atomic E-state index is 11.3. The third kappa shape index (κ3) is 2.74. The average molecular weight is 195 g/mol. The molecule has 1 unspecified atom stereocenters. The van der Waals surface area contributed by atoms with Crippen molar-refractivity contribution in [1.82, 2.24) is 0 Å². The fourth-order valence-corrected chi connectivity index (χ4v) is 0.894. The van der Waals surface area contributed by atoms with E-state index in [1.165, 1.54) is 0 Å². The van der Waals surface area contributed by atoms with E-state index < -0.39 is 12.3 Å². The number of carbonyl (C=O) groups excluding carboxylic acids is 1. The minimum atomic E-state index is -1.04. The largest absolute Gasteiger partial charge is 0.432 e. The summed E-state index contributed by atoms with van der Waals surface area (Å²) in [6, 6.07) is 6.32. The van der Waals surface area contributed by atoms with Crippen molar-refractivity contribution >= 4 is 11.7 Å². The Morgan fingerprint density at radius 2 is 2.07 bits per heavy atom. The number of hydrogen-bond donors (Lipinski definition) is 2. The Hall–Kier alpha value is -1.55. The second kappa shape index (κ2) is 4.62. The molecule has 0 fully saturated rings. The number of hydrogen-bond acceptors (Lipinski definition) is 4. The van der Waals surface area contributed by atoms with Crippen LogP contribution in [0.2, 0.25) is 0 Å². The average Bonchev–Trinajstić information content (AvgIpc) is 2.18. The summed E-state index contributed by atoms with van der Waals surface area (Å²) in [5.41, 5.74) is 6.42. The monoisotopic (exact) mass is 195 g/mol. The number of rotatable bonds is 3. The first-order valence-corrected chi connectivity index (χ1v) is 4.38. The zero-order chi connectivity index (χ0) is 10.6. The Bertz CT molecular complexity index is 308. The second-order valence-electron chi connectivity index (χ2n) is 2.89. The van der Waals surface area contributed by atoms with Crippen LogP contribution in [0.4, 0.5) is 5.69 Å². The molecular formula is C10H13NO3. The van der Waals surface area contributed by atoms with E-state index in [0.29, 0.717) is 17.7 Å². The zero-order valence-corrected chi connectivity index (χ0v) is 7.93. The van der Waals surface area contributed by atoms with Crippen molar-refractivity contribution in [3.05, 3.63) is 29.8 Å². The van der Waals surface area contributed by atoms with E-state index >= 15 is 0 Å². The third-order valence-electron chi connectivity index (χ3n) is 1.74. The first kappa shape index (κ1) is 10.5. The van der Waals surface area contributed by atoms with Crippen LogP contribution in [0.5, 0.6) is 0 Å². The molecule has 1 rings (SSSR count). The summed E-state index contributed by atoms with van der Waals surface area (Å²) in [6.45, 7) is 1.72. The number of aliphatic hydroxyl groups excluding tert-OH is 1. The molecule has 1 aromatic rings. The molecule has 0 aliphatic heterocycles. The molecule has 0 saturated carbocycles. The molecule has 0 bridgehead atoms. The van der Waals surface area contributed by atoms with Crippen LogP contribution in [0, 0.1) is 0 Å². The van der Waals surface area contributed by atoms with Crippen LogP contribution < -0.4 is 5.73 Å². The quantitative estimate of drug-likeness (QED) is 0.431. The molecule has 1 aromatic carbocycles. The Kier molecular flexibility index (Phi) is 3.48. The lowest BCUT2D eigenvalue weighted by molar-refractivity contribution is -0.0656. The molecule has 0 aliphatic rings. The number of carbonyl (C=O) groups is 1. The first-order valence-electron chi connectivity index (χ1n) is 4.38. The van der Waals surface area contributed by atoms with Gasteiger partial charge in [0, 0.05) is 12.1 Å². The third-order valence-corrected chi connectivity index (χ3v) is 1.74. The molecular weight excluding hydrogens is 182 g/mol. The summed E-state index contributed by atoms with van der Waals surface area (Å²) in [4.78, 5) is 11.3. The number of nitrogens with two attached hydrogens (primary N) is 1. The van der Waals surface area contributed by atoms with Crippen molar-refractivity contribution in [3.63, 3.8) is 0 Å². The van der Waals surface area contributed by atoms with Crippen LogP contribution in [0.1, 0.15) is 23.7 Å². The van der Waals surface area contributed by atoms with E-state index in [1.54, 1.807) is 31.2 Å². The maximum Gasteiger partial charge on any atom is 0.340 e. The zero-order valence-electron chi connectivity index (χ0n) is 7.93. The molecule has 0 radical (unpaired) electrons. The molecule has 0 heterocycles. The summed E-state index contributed by atoms with van der Waals surface area (Å²) < 4.78 is 4.70. The standard InChI is InChI=1S/C10H13NO3/c1-2-9(12)14-10(13)7-3-5-8(11)6-4-7/h3-6,9,12H,2,11H2,1H3. The predicted molar refractivity (Wildman–Crippen MR) is 52.6 cm³/mol. The van der Waals surface area contributed by atoms with Gasteiger partial charge in [0.15, 0.2) is 0 Å². The highest BCUT2D eigenvalue weighted by Gasteiger charge is 2.10. The normalized spacial score (nSPS) is 12.1. The minimum Gasteiger partial charge on any atom is -0.432 e. The van der Waals surface area contributed by atoms with Crippen LogP contribution in [-0.2, 0) is 4.74 Å². The molecule has 0 aliphatic carbocycles. The number of nitrogen functional groups attached to an aromatic ring is 1. The van der Waals surface area contributed by atoms with Crippen molar-refractivity contribution < 1.29 is 14.6 Å². The van der Waals surface area contributed by atoms with Gasteiger partial charge in [-0.2, -0.15) is 0 Å². The van der Waals surface area contributed by atoms with Crippen molar-refractivity contribution in [2.75, 3.05) is 5.73 Å². The molecule has 0 amide bonds. The Balaban J connectivity index is 2.65. The highest BCUT2D eigenvalue weighted by molar-refractivity contribution is 5.89. The molecule has 0 saturated heterocycles. The van der Waals surface area contributed by atoms with E-state index in [2.05, 4.69) is 0 Å². The highest BCUT2D eigenvalue weighted by atomic mass is 16.6. The van der Waals surface area contributed by atoms with E-state index in [1.807, 2.05) is 0 Å². The van der Waals surface area contributed by atoms with E-state index in [4.69, 9.17) is 15.6 Å². The molecule has 4 nitrogen and oxygen atoms in total. The number of anilines is 1. The molecule has 4 heteroatoms. The predicted octanol–water partition coefficient (Wildman–Crippen LogP) is 1.15. The number of esters is 1. The second-order valence-corrected chi connectivity index (χ2v) is 2.89. The van der Waals surface area contributed by atoms with Gasteiger partial charge < -0.3 is 15.6 Å². The van der Waals surface area contributed by atoms with Crippen LogP contribution in [-0.4, -0.2) is 17.4 Å². The van der Waals surface area contributed by atoms with Gasteiger partial charge in [0.05, 0.1) is 5.56 Å². The lowest BCUT2D eigenvalue weighted by Crippen LogP contribution is -2.16. The lowest BCUT2D eigenvalue weighted by atomic mass is 10.2. The van der Waals surface area contributed by atoms with Gasteiger partial charge in [-0.3, -0.25) is 0 Å². The number of ether oxygens (including phenoxy) is 1. The summed E-state index contributed by atoms with van der Waals surface area (Å²) in [7, 11) is 0. The summed E-state index contributed by atoms with van der Waals surface area (Å²) in [5, 5.41) is 9.08. The van der Waals surface area contributed by atoms with Crippen LogP contribution in [0.15, 0.2) is 24.3 Å². The molecule has 14 heavy (non-hydrogen) atoms. The Morgan fingerprint density at radius 3 is 2.57 bits per heavy atom. The van der Waals surface area contributed by atoms with Gasteiger partial charge in [0.1, 0.15) is 0 Å². The van der Waals surface area contributed by atoms with Crippen molar-refractivity contribution in [2.45, 2.75) is 19.6 Å². The summed E-state index contributed by atoms with van der Waals surface area (Å²) in [6.07, 6.45) is -0.666. The molecule has 1 atom stereocenters. The Morgan fingerprint density at radius 1 is 1.50 bits per heavy atom. The minimum absolute atomic E-state index is 0.376. The van der Waals surface area contributed by atoms with Gasteiger partial charge in [0.2, 0.25) is 6.29 Å². The lowest BCUT2D eigenvalue weighted by Gasteiger charge is -2.09. The molecule has 3 N–H and O–H groups in total. The maximum atomic E-state index is 11.3. The van der Waals surface area contributed by atoms with Gasteiger partial charge in [-0.05, 0) is 24.3 Å². The van der Waals surface area contributed by atoms with Crippen LogP contribution in [0.25, 0.3) is 0 Å². The van der Waals surface area contributed by atoms with Gasteiger partial charge >= 0.3 is 5.97 Å².